The van der Waals surface area contributed by atoms with Crippen LogP contribution in [0.25, 0.3) is 0 Å². The lowest BCUT2D eigenvalue weighted by atomic mass is 9.91. The van der Waals surface area contributed by atoms with Gasteiger partial charge in [0.05, 0.1) is 0 Å². The summed E-state index contributed by atoms with van der Waals surface area (Å²) in [5, 5.41) is 2.80. The fourth-order valence-electron chi connectivity index (χ4n) is 4.06. The van der Waals surface area contributed by atoms with Gasteiger partial charge in [-0.1, -0.05) is 56.9 Å². The van der Waals surface area contributed by atoms with Crippen molar-refractivity contribution in [2.45, 2.75) is 64.3 Å². The molecule has 4 amide bonds. The third-order valence-electron chi connectivity index (χ3n) is 5.85. The molecule has 0 aliphatic carbocycles. The molecular formula is C22H31N3O3. The highest BCUT2D eigenvalue weighted by atomic mass is 16.2. The Kier molecular flexibility index (Phi) is 6.37. The third kappa shape index (κ3) is 4.21. The maximum atomic E-state index is 13.1. The summed E-state index contributed by atoms with van der Waals surface area (Å²) >= 11 is 0. The van der Waals surface area contributed by atoms with E-state index in [0.29, 0.717) is 13.1 Å². The van der Waals surface area contributed by atoms with Gasteiger partial charge < -0.3 is 10.2 Å². The SMILES string of the molecule is CCCc1ccc([C@]2(C)NC(=O)N(CC(=O)N3CCCCCCC3)C2=O)cc1. The van der Waals surface area contributed by atoms with E-state index < -0.39 is 11.6 Å². The van der Waals surface area contributed by atoms with Crippen molar-refractivity contribution >= 4 is 17.8 Å². The van der Waals surface area contributed by atoms with Crippen molar-refractivity contribution in [2.75, 3.05) is 19.6 Å². The van der Waals surface area contributed by atoms with Crippen molar-refractivity contribution < 1.29 is 14.4 Å². The quantitative estimate of drug-likeness (QED) is 0.792. The Morgan fingerprint density at radius 1 is 1.04 bits per heavy atom. The molecule has 1 aromatic rings. The number of amides is 4. The zero-order valence-electron chi connectivity index (χ0n) is 17.0. The minimum absolute atomic E-state index is 0.145. The Morgan fingerprint density at radius 3 is 2.25 bits per heavy atom. The molecule has 0 aromatic heterocycles. The van der Waals surface area contributed by atoms with Crippen LogP contribution in [0.15, 0.2) is 24.3 Å². The zero-order valence-corrected chi connectivity index (χ0v) is 17.0. The van der Waals surface area contributed by atoms with Crippen molar-refractivity contribution in [1.29, 1.82) is 0 Å². The summed E-state index contributed by atoms with van der Waals surface area (Å²) < 4.78 is 0. The van der Waals surface area contributed by atoms with Gasteiger partial charge in [0.1, 0.15) is 12.1 Å². The van der Waals surface area contributed by atoms with Crippen LogP contribution in [0.5, 0.6) is 0 Å². The molecule has 1 aromatic carbocycles. The number of hydrogen-bond acceptors (Lipinski definition) is 3. The summed E-state index contributed by atoms with van der Waals surface area (Å²) in [4.78, 5) is 41.2. The molecule has 28 heavy (non-hydrogen) atoms. The molecule has 0 saturated carbocycles. The lowest BCUT2D eigenvalue weighted by Gasteiger charge is -2.27. The molecule has 152 valence electrons. The standard InChI is InChI=1S/C22H31N3O3/c1-3-9-17-10-12-18(13-11-17)22(2)20(27)25(21(28)23-22)16-19(26)24-14-7-5-4-6-8-15-24/h10-13H,3-9,14-16H2,1-2H3,(H,23,28)/t22-/m0/s1. The van der Waals surface area contributed by atoms with Gasteiger partial charge in [0, 0.05) is 13.1 Å². The number of carbonyl (C=O) groups excluding carboxylic acids is 3. The summed E-state index contributed by atoms with van der Waals surface area (Å²) in [6.07, 6.45) is 7.45. The van der Waals surface area contributed by atoms with Crippen LogP contribution in [0.3, 0.4) is 0 Å². The number of nitrogens with zero attached hydrogens (tertiary/aromatic N) is 2. The van der Waals surface area contributed by atoms with Crippen LogP contribution in [0.4, 0.5) is 4.79 Å². The Labute approximate surface area is 167 Å². The average Bonchev–Trinajstić information content (AvgIpc) is 2.86. The first kappa shape index (κ1) is 20.4. The molecule has 0 radical (unpaired) electrons. The second kappa shape index (κ2) is 8.76. The van der Waals surface area contributed by atoms with Gasteiger partial charge in [0.2, 0.25) is 5.91 Å². The van der Waals surface area contributed by atoms with Gasteiger partial charge in [0.15, 0.2) is 0 Å². The summed E-state index contributed by atoms with van der Waals surface area (Å²) in [6.45, 7) is 5.06. The Morgan fingerprint density at radius 2 is 1.64 bits per heavy atom. The number of nitrogens with one attached hydrogen (secondary N) is 1. The van der Waals surface area contributed by atoms with Gasteiger partial charge in [-0.15, -0.1) is 0 Å². The van der Waals surface area contributed by atoms with E-state index in [4.69, 9.17) is 0 Å². The molecular weight excluding hydrogens is 354 g/mol. The van der Waals surface area contributed by atoms with Crippen LogP contribution in [-0.2, 0) is 21.5 Å². The molecule has 0 spiro atoms. The maximum absolute atomic E-state index is 13.1. The molecule has 1 atom stereocenters. The van der Waals surface area contributed by atoms with E-state index in [-0.39, 0.29) is 18.4 Å². The second-order valence-electron chi connectivity index (χ2n) is 8.04. The second-order valence-corrected chi connectivity index (χ2v) is 8.04. The van der Waals surface area contributed by atoms with Gasteiger partial charge in [0.25, 0.3) is 5.91 Å². The molecule has 0 bridgehead atoms. The Balaban J connectivity index is 1.70. The highest BCUT2D eigenvalue weighted by Crippen LogP contribution is 2.29. The number of aryl methyl sites for hydroxylation is 1. The van der Waals surface area contributed by atoms with Crippen molar-refractivity contribution in [2.24, 2.45) is 0 Å². The van der Waals surface area contributed by atoms with Crippen LogP contribution >= 0.6 is 0 Å². The predicted molar refractivity (Wildman–Crippen MR) is 108 cm³/mol. The molecule has 6 nitrogen and oxygen atoms in total. The topological polar surface area (TPSA) is 69.7 Å². The highest BCUT2D eigenvalue weighted by Gasteiger charge is 2.49. The van der Waals surface area contributed by atoms with Crippen LogP contribution in [0.2, 0.25) is 0 Å². The van der Waals surface area contributed by atoms with E-state index in [1.807, 2.05) is 24.3 Å². The number of rotatable bonds is 5. The highest BCUT2D eigenvalue weighted by molar-refractivity contribution is 6.09. The van der Waals surface area contributed by atoms with Crippen LogP contribution in [0.1, 0.15) is 63.5 Å². The van der Waals surface area contributed by atoms with Crippen LogP contribution < -0.4 is 5.32 Å². The summed E-state index contributed by atoms with van der Waals surface area (Å²) in [6, 6.07) is 7.29. The van der Waals surface area contributed by atoms with Crippen LogP contribution in [-0.4, -0.2) is 47.3 Å². The number of benzene rings is 1. The smallest absolute Gasteiger partial charge is 0.325 e. The molecule has 2 aliphatic heterocycles. The Hall–Kier alpha value is -2.37. The number of imide groups is 1. The van der Waals surface area contributed by atoms with Gasteiger partial charge >= 0.3 is 6.03 Å². The van der Waals surface area contributed by atoms with E-state index in [0.717, 1.165) is 49.0 Å². The lowest BCUT2D eigenvalue weighted by Crippen LogP contribution is -2.45. The molecule has 0 unspecified atom stereocenters. The van der Waals surface area contributed by atoms with Crippen molar-refractivity contribution in [3.05, 3.63) is 35.4 Å². The normalized spacial score (nSPS) is 23.4. The molecule has 2 fully saturated rings. The Bertz CT molecular complexity index is 723. The van der Waals surface area contributed by atoms with Gasteiger partial charge in [-0.2, -0.15) is 0 Å². The largest absolute Gasteiger partial charge is 0.341 e. The molecule has 3 rings (SSSR count). The molecule has 1 N–H and O–H groups in total. The summed E-state index contributed by atoms with van der Waals surface area (Å²) in [5.74, 6) is -0.505. The van der Waals surface area contributed by atoms with Crippen molar-refractivity contribution in [1.82, 2.24) is 15.1 Å². The minimum Gasteiger partial charge on any atom is -0.341 e. The summed E-state index contributed by atoms with van der Waals surface area (Å²) in [5.41, 5.74) is 0.820. The van der Waals surface area contributed by atoms with Crippen molar-refractivity contribution in [3.8, 4) is 0 Å². The van der Waals surface area contributed by atoms with E-state index in [1.54, 1.807) is 11.8 Å². The van der Waals surface area contributed by atoms with E-state index in [2.05, 4.69) is 12.2 Å². The lowest BCUT2D eigenvalue weighted by molar-refractivity contribution is -0.139. The monoisotopic (exact) mass is 385 g/mol. The van der Waals surface area contributed by atoms with Gasteiger partial charge in [-0.25, -0.2) is 4.79 Å². The van der Waals surface area contributed by atoms with E-state index in [9.17, 15) is 14.4 Å². The number of urea groups is 1. The number of carbonyl (C=O) groups is 3. The molecule has 2 aliphatic rings. The minimum atomic E-state index is -1.13. The van der Waals surface area contributed by atoms with Gasteiger partial charge in [-0.05, 0) is 37.3 Å². The fourth-order valence-corrected chi connectivity index (χ4v) is 4.06. The van der Waals surface area contributed by atoms with Crippen LogP contribution in [0, 0.1) is 0 Å². The molecule has 6 heteroatoms. The van der Waals surface area contributed by atoms with E-state index >= 15 is 0 Å². The van der Waals surface area contributed by atoms with E-state index in [1.165, 1.54) is 12.0 Å². The predicted octanol–water partition coefficient (Wildman–Crippen LogP) is 3.20. The first-order valence-corrected chi connectivity index (χ1v) is 10.5. The fraction of sp³-hybridized carbons (Fsp3) is 0.591. The zero-order chi connectivity index (χ0) is 20.1. The third-order valence-corrected chi connectivity index (χ3v) is 5.85. The first-order chi connectivity index (χ1) is 13.5. The first-order valence-electron chi connectivity index (χ1n) is 10.5. The molecule has 2 heterocycles. The average molecular weight is 386 g/mol. The number of hydrogen-bond donors (Lipinski definition) is 1. The summed E-state index contributed by atoms with van der Waals surface area (Å²) in [7, 11) is 0. The number of likely N-dealkylation sites (tertiary alicyclic amines) is 1. The van der Waals surface area contributed by atoms with Crippen molar-refractivity contribution in [3.63, 3.8) is 0 Å². The van der Waals surface area contributed by atoms with Gasteiger partial charge in [-0.3, -0.25) is 14.5 Å². The molecule has 2 saturated heterocycles. The maximum Gasteiger partial charge on any atom is 0.325 e.